The zero-order valence-electron chi connectivity index (χ0n) is 7.27. The Balaban J connectivity index is 2.42. The molecule has 1 aromatic heterocycles. The number of nitrogens with two attached hydrogens (primary N) is 1. The number of nitrogen functional groups attached to an aromatic ring is 1. The van der Waals surface area contributed by atoms with Crippen LogP contribution in [0.5, 0.6) is 0 Å². The van der Waals surface area contributed by atoms with Crippen molar-refractivity contribution in [3.63, 3.8) is 0 Å². The van der Waals surface area contributed by atoms with E-state index in [1.54, 1.807) is 11.3 Å². The van der Waals surface area contributed by atoms with Gasteiger partial charge in [0, 0.05) is 4.88 Å². The molecule has 0 fully saturated rings. The first kappa shape index (κ1) is 9.87. The molecule has 0 aliphatic carbocycles. The van der Waals surface area contributed by atoms with Crippen LogP contribution in [-0.2, 0) is 6.42 Å². The molecule has 1 nitrogen and oxygen atoms in total. The zero-order chi connectivity index (χ0) is 8.97. The molecule has 1 aromatic rings. The maximum Gasteiger partial charge on any atom is 0.116 e. The van der Waals surface area contributed by atoms with E-state index >= 15 is 0 Å². The largest absolute Gasteiger partial charge is 0.397 e. The van der Waals surface area contributed by atoms with E-state index in [-0.39, 0.29) is 0 Å². The smallest absolute Gasteiger partial charge is 0.116 e. The van der Waals surface area contributed by atoms with Gasteiger partial charge in [0.05, 0.1) is 5.69 Å². The van der Waals surface area contributed by atoms with Gasteiger partial charge >= 0.3 is 0 Å². The lowest BCUT2D eigenvalue weighted by molar-refractivity contribution is 0.723. The summed E-state index contributed by atoms with van der Waals surface area (Å²) in [5, 5.41) is 0. The van der Waals surface area contributed by atoms with Gasteiger partial charge in [-0.25, -0.2) is 0 Å². The monoisotopic (exact) mass is 203 g/mol. The summed E-state index contributed by atoms with van der Waals surface area (Å²) in [6.07, 6.45) is 4.91. The molecule has 12 heavy (non-hydrogen) atoms. The minimum atomic E-state index is 0.730. The van der Waals surface area contributed by atoms with E-state index in [0.29, 0.717) is 0 Å². The van der Waals surface area contributed by atoms with Crippen molar-refractivity contribution in [2.75, 3.05) is 5.73 Å². The van der Waals surface area contributed by atoms with Crippen LogP contribution in [0.3, 0.4) is 0 Å². The van der Waals surface area contributed by atoms with Crippen LogP contribution in [0.15, 0.2) is 6.07 Å². The van der Waals surface area contributed by atoms with Crippen LogP contribution in [0.2, 0.25) is 4.34 Å². The predicted molar refractivity (Wildman–Crippen MR) is 57.0 cm³/mol. The molecule has 0 unspecified atom stereocenters. The molecule has 3 heteroatoms. The Morgan fingerprint density at radius 3 is 2.75 bits per heavy atom. The lowest BCUT2D eigenvalue weighted by Gasteiger charge is -1.93. The third-order valence-corrected chi connectivity index (χ3v) is 3.24. The molecular formula is C9H14ClNS. The van der Waals surface area contributed by atoms with E-state index in [0.717, 1.165) is 16.4 Å². The molecule has 0 aliphatic rings. The zero-order valence-corrected chi connectivity index (χ0v) is 8.84. The van der Waals surface area contributed by atoms with Gasteiger partial charge in [-0.3, -0.25) is 0 Å². The normalized spacial score (nSPS) is 10.5. The first-order valence-corrected chi connectivity index (χ1v) is 5.47. The Morgan fingerprint density at radius 1 is 1.50 bits per heavy atom. The van der Waals surface area contributed by atoms with E-state index in [2.05, 4.69) is 6.92 Å². The minimum Gasteiger partial charge on any atom is -0.397 e. The predicted octanol–water partition coefficient (Wildman–Crippen LogP) is 3.72. The van der Waals surface area contributed by atoms with Crippen molar-refractivity contribution in [3.8, 4) is 0 Å². The number of halogens is 1. The van der Waals surface area contributed by atoms with Crippen molar-refractivity contribution in [1.29, 1.82) is 0 Å². The molecule has 0 radical (unpaired) electrons. The first-order valence-electron chi connectivity index (χ1n) is 4.27. The number of rotatable bonds is 4. The third-order valence-electron chi connectivity index (χ3n) is 1.79. The topological polar surface area (TPSA) is 26.0 Å². The summed E-state index contributed by atoms with van der Waals surface area (Å²) in [6, 6.07) is 1.99. The number of hydrogen-bond acceptors (Lipinski definition) is 2. The van der Waals surface area contributed by atoms with Crippen molar-refractivity contribution in [2.45, 2.75) is 32.6 Å². The van der Waals surface area contributed by atoms with Crippen LogP contribution in [0, 0.1) is 0 Å². The van der Waals surface area contributed by atoms with Gasteiger partial charge < -0.3 is 5.73 Å². The standard InChI is InChI=1S/C9H14ClNS/c1-2-3-4-5-7-6-8(11)9(10)12-7/h6H,2-5,11H2,1H3. The van der Waals surface area contributed by atoms with Gasteiger partial charge in [0.2, 0.25) is 0 Å². The fraction of sp³-hybridized carbons (Fsp3) is 0.556. The molecule has 0 aromatic carbocycles. The first-order chi connectivity index (χ1) is 5.74. The van der Waals surface area contributed by atoms with Gasteiger partial charge in [-0.15, -0.1) is 11.3 Å². The van der Waals surface area contributed by atoms with Crippen molar-refractivity contribution in [2.24, 2.45) is 0 Å². The number of unbranched alkanes of at least 4 members (excludes halogenated alkanes) is 2. The Labute approximate surface area is 82.5 Å². The highest BCUT2D eigenvalue weighted by molar-refractivity contribution is 7.16. The number of aryl methyl sites for hydroxylation is 1. The highest BCUT2D eigenvalue weighted by Gasteiger charge is 2.02. The molecule has 0 saturated heterocycles. The molecule has 2 N–H and O–H groups in total. The van der Waals surface area contributed by atoms with Crippen LogP contribution < -0.4 is 5.73 Å². The second-order valence-electron chi connectivity index (χ2n) is 2.90. The molecule has 68 valence electrons. The Bertz CT molecular complexity index is 225. The van der Waals surface area contributed by atoms with Crippen LogP contribution in [-0.4, -0.2) is 0 Å². The van der Waals surface area contributed by atoms with Crippen molar-refractivity contribution >= 4 is 28.6 Å². The maximum atomic E-state index is 5.84. The summed E-state index contributed by atoms with van der Waals surface area (Å²) in [5.41, 5.74) is 6.35. The van der Waals surface area contributed by atoms with Crippen LogP contribution in [0.1, 0.15) is 31.1 Å². The minimum absolute atomic E-state index is 0.730. The van der Waals surface area contributed by atoms with Gasteiger partial charge in [-0.2, -0.15) is 0 Å². The van der Waals surface area contributed by atoms with Crippen molar-refractivity contribution in [3.05, 3.63) is 15.3 Å². The molecule has 1 heterocycles. The van der Waals surface area contributed by atoms with E-state index in [1.165, 1.54) is 24.1 Å². The molecule has 0 atom stereocenters. The van der Waals surface area contributed by atoms with Crippen molar-refractivity contribution in [1.82, 2.24) is 0 Å². The van der Waals surface area contributed by atoms with E-state index in [9.17, 15) is 0 Å². The van der Waals surface area contributed by atoms with Crippen LogP contribution in [0.4, 0.5) is 5.69 Å². The quantitative estimate of drug-likeness (QED) is 0.742. The fourth-order valence-electron chi connectivity index (χ4n) is 1.11. The number of hydrogen-bond donors (Lipinski definition) is 1. The molecule has 0 saturated carbocycles. The second kappa shape index (κ2) is 4.73. The highest BCUT2D eigenvalue weighted by Crippen LogP contribution is 2.30. The molecule has 0 bridgehead atoms. The Morgan fingerprint density at radius 2 is 2.25 bits per heavy atom. The number of thiophene rings is 1. The third kappa shape index (κ3) is 2.68. The summed E-state index contributed by atoms with van der Waals surface area (Å²) in [7, 11) is 0. The lowest BCUT2D eigenvalue weighted by Crippen LogP contribution is -1.81. The van der Waals surface area contributed by atoms with Gasteiger partial charge in [-0.05, 0) is 18.9 Å². The maximum absolute atomic E-state index is 5.84. The summed E-state index contributed by atoms with van der Waals surface area (Å²) in [5.74, 6) is 0. The number of anilines is 1. The van der Waals surface area contributed by atoms with Gasteiger partial charge in [0.25, 0.3) is 0 Å². The average Bonchev–Trinajstić information content (AvgIpc) is 2.32. The molecule has 0 spiro atoms. The molecule has 1 rings (SSSR count). The summed E-state index contributed by atoms with van der Waals surface area (Å²) in [6.45, 7) is 2.20. The van der Waals surface area contributed by atoms with Crippen molar-refractivity contribution < 1.29 is 0 Å². The van der Waals surface area contributed by atoms with E-state index in [1.807, 2.05) is 6.07 Å². The SMILES string of the molecule is CCCCCc1cc(N)c(Cl)s1. The average molecular weight is 204 g/mol. The fourth-order valence-corrected chi connectivity index (χ4v) is 2.30. The Hall–Kier alpha value is -0.210. The lowest BCUT2D eigenvalue weighted by atomic mass is 10.2. The Kier molecular flexibility index (Phi) is 3.89. The highest BCUT2D eigenvalue weighted by atomic mass is 35.5. The van der Waals surface area contributed by atoms with E-state index in [4.69, 9.17) is 17.3 Å². The molecular weight excluding hydrogens is 190 g/mol. The van der Waals surface area contributed by atoms with Gasteiger partial charge in [0.15, 0.2) is 0 Å². The summed E-state index contributed by atoms with van der Waals surface area (Å²) in [4.78, 5) is 1.31. The molecule has 0 aliphatic heterocycles. The van der Waals surface area contributed by atoms with Crippen LogP contribution in [0.25, 0.3) is 0 Å². The van der Waals surface area contributed by atoms with Crippen LogP contribution >= 0.6 is 22.9 Å². The molecule has 0 amide bonds. The second-order valence-corrected chi connectivity index (χ2v) is 4.64. The van der Waals surface area contributed by atoms with E-state index < -0.39 is 0 Å². The summed E-state index contributed by atoms with van der Waals surface area (Å²) < 4.78 is 0.737. The van der Waals surface area contributed by atoms with Gasteiger partial charge in [-0.1, -0.05) is 31.4 Å². The van der Waals surface area contributed by atoms with Gasteiger partial charge in [0.1, 0.15) is 4.34 Å². The summed E-state index contributed by atoms with van der Waals surface area (Å²) >= 11 is 7.44.